The van der Waals surface area contributed by atoms with E-state index in [4.69, 9.17) is 18.0 Å². The van der Waals surface area contributed by atoms with Crippen LogP contribution in [-0.2, 0) is 0 Å². The van der Waals surface area contributed by atoms with Crippen LogP contribution in [0.5, 0.6) is 0 Å². The zero-order valence-corrected chi connectivity index (χ0v) is 9.31. The van der Waals surface area contributed by atoms with Crippen molar-refractivity contribution in [2.75, 3.05) is 5.32 Å². The molecule has 1 aromatic heterocycles. The van der Waals surface area contributed by atoms with E-state index in [0.717, 1.165) is 0 Å². The fourth-order valence-corrected chi connectivity index (χ4v) is 1.13. The summed E-state index contributed by atoms with van der Waals surface area (Å²) in [6.07, 6.45) is 1.47. The predicted octanol–water partition coefficient (Wildman–Crippen LogP) is 0.574. The third-order valence-electron chi connectivity index (χ3n) is 1.56. The molecule has 82 valence electrons. The largest absolute Gasteiger partial charge is 0.389 e. The van der Waals surface area contributed by atoms with Crippen LogP contribution in [0.15, 0.2) is 6.20 Å². The van der Waals surface area contributed by atoms with Crippen molar-refractivity contribution in [1.29, 1.82) is 0 Å². The number of carbonyl (C=O) groups excluding carboxylic acids is 1. The van der Waals surface area contributed by atoms with E-state index >= 15 is 0 Å². The Kier molecular flexibility index (Phi) is 3.62. The number of carbonyl (C=O) groups is 1. The Morgan fingerprint density at radius 2 is 2.33 bits per heavy atom. The summed E-state index contributed by atoms with van der Waals surface area (Å²) in [5.41, 5.74) is 5.95. The summed E-state index contributed by atoms with van der Waals surface area (Å²) in [5, 5.41) is 11.6. The SMILES string of the molecule is CC(C)NC(=O)Nc1[nH]ncc1C(N)=S. The number of aromatic nitrogens is 2. The molecule has 0 aliphatic carbocycles. The number of H-pyrrole nitrogens is 1. The van der Waals surface area contributed by atoms with Crippen LogP contribution in [0.1, 0.15) is 19.4 Å². The van der Waals surface area contributed by atoms with Gasteiger partial charge >= 0.3 is 6.03 Å². The number of aromatic amines is 1. The average molecular weight is 227 g/mol. The van der Waals surface area contributed by atoms with Gasteiger partial charge in [0.25, 0.3) is 0 Å². The molecule has 1 aromatic rings. The number of nitrogens with two attached hydrogens (primary N) is 1. The highest BCUT2D eigenvalue weighted by atomic mass is 32.1. The molecule has 1 heterocycles. The van der Waals surface area contributed by atoms with Crippen molar-refractivity contribution in [1.82, 2.24) is 15.5 Å². The smallest absolute Gasteiger partial charge is 0.320 e. The zero-order valence-electron chi connectivity index (χ0n) is 8.50. The van der Waals surface area contributed by atoms with E-state index in [1.54, 1.807) is 0 Å². The van der Waals surface area contributed by atoms with Gasteiger partial charge in [0.2, 0.25) is 0 Å². The molecule has 1 rings (SSSR count). The van der Waals surface area contributed by atoms with Gasteiger partial charge in [0, 0.05) is 6.04 Å². The van der Waals surface area contributed by atoms with Gasteiger partial charge in [-0.05, 0) is 13.8 Å². The van der Waals surface area contributed by atoms with Crippen LogP contribution < -0.4 is 16.4 Å². The average Bonchev–Trinajstić information content (AvgIpc) is 2.50. The molecule has 0 bridgehead atoms. The van der Waals surface area contributed by atoms with Crippen molar-refractivity contribution in [2.45, 2.75) is 19.9 Å². The summed E-state index contributed by atoms with van der Waals surface area (Å²) in [7, 11) is 0. The van der Waals surface area contributed by atoms with Crippen molar-refractivity contribution in [3.8, 4) is 0 Å². The molecule has 2 amide bonds. The van der Waals surface area contributed by atoms with E-state index in [2.05, 4.69) is 20.8 Å². The molecular formula is C8H13N5OS. The highest BCUT2D eigenvalue weighted by molar-refractivity contribution is 7.80. The maximum atomic E-state index is 11.3. The van der Waals surface area contributed by atoms with Crippen LogP contribution in [-0.4, -0.2) is 27.3 Å². The minimum atomic E-state index is -0.327. The lowest BCUT2D eigenvalue weighted by Gasteiger charge is -2.09. The Bertz CT molecular complexity index is 373. The summed E-state index contributed by atoms with van der Waals surface area (Å²) < 4.78 is 0. The number of urea groups is 1. The lowest BCUT2D eigenvalue weighted by atomic mass is 10.3. The van der Waals surface area contributed by atoms with Gasteiger partial charge in [0.15, 0.2) is 0 Å². The van der Waals surface area contributed by atoms with Crippen LogP contribution in [0.2, 0.25) is 0 Å². The van der Waals surface area contributed by atoms with Crippen LogP contribution in [0, 0.1) is 0 Å². The molecule has 0 spiro atoms. The number of thiocarbonyl (C=S) groups is 1. The highest BCUT2D eigenvalue weighted by Gasteiger charge is 2.10. The van der Waals surface area contributed by atoms with Crippen molar-refractivity contribution < 1.29 is 4.79 Å². The first-order chi connectivity index (χ1) is 7.00. The minimum Gasteiger partial charge on any atom is -0.389 e. The lowest BCUT2D eigenvalue weighted by molar-refractivity contribution is 0.250. The second kappa shape index (κ2) is 4.74. The van der Waals surface area contributed by atoms with Crippen LogP contribution in [0.3, 0.4) is 0 Å². The molecule has 7 heteroatoms. The van der Waals surface area contributed by atoms with Crippen molar-refractivity contribution in [3.63, 3.8) is 0 Å². The van der Waals surface area contributed by atoms with Gasteiger partial charge in [-0.3, -0.25) is 10.4 Å². The quantitative estimate of drug-likeness (QED) is 0.568. The second-order valence-electron chi connectivity index (χ2n) is 3.28. The maximum Gasteiger partial charge on any atom is 0.320 e. The third kappa shape index (κ3) is 3.21. The Morgan fingerprint density at radius 1 is 1.67 bits per heavy atom. The van der Waals surface area contributed by atoms with Crippen molar-refractivity contribution in [2.24, 2.45) is 5.73 Å². The first-order valence-electron chi connectivity index (χ1n) is 4.41. The molecule has 0 aliphatic rings. The van der Waals surface area contributed by atoms with Gasteiger partial charge in [0.05, 0.1) is 11.8 Å². The van der Waals surface area contributed by atoms with Crippen LogP contribution >= 0.6 is 12.2 Å². The zero-order chi connectivity index (χ0) is 11.4. The number of hydrogen-bond acceptors (Lipinski definition) is 3. The summed E-state index contributed by atoms with van der Waals surface area (Å²) in [5.74, 6) is 0.403. The molecule has 0 atom stereocenters. The highest BCUT2D eigenvalue weighted by Crippen LogP contribution is 2.09. The monoisotopic (exact) mass is 227 g/mol. The van der Waals surface area contributed by atoms with E-state index in [1.165, 1.54) is 6.20 Å². The molecule has 6 nitrogen and oxygen atoms in total. The van der Waals surface area contributed by atoms with Crippen molar-refractivity contribution in [3.05, 3.63) is 11.8 Å². The fourth-order valence-electron chi connectivity index (χ4n) is 0.980. The number of rotatable bonds is 3. The summed E-state index contributed by atoms with van der Waals surface area (Å²) in [6.45, 7) is 3.72. The molecule has 15 heavy (non-hydrogen) atoms. The third-order valence-corrected chi connectivity index (χ3v) is 1.78. The van der Waals surface area contributed by atoms with E-state index in [1.807, 2.05) is 13.8 Å². The maximum absolute atomic E-state index is 11.3. The van der Waals surface area contributed by atoms with Gasteiger partial charge in [-0.25, -0.2) is 4.79 Å². The van der Waals surface area contributed by atoms with Gasteiger partial charge in [-0.1, -0.05) is 12.2 Å². The van der Waals surface area contributed by atoms with Gasteiger partial charge in [0.1, 0.15) is 10.8 Å². The first-order valence-corrected chi connectivity index (χ1v) is 4.82. The Balaban J connectivity index is 2.68. The Hall–Kier alpha value is -1.63. The normalized spacial score (nSPS) is 10.1. The number of nitrogens with zero attached hydrogens (tertiary/aromatic N) is 1. The lowest BCUT2D eigenvalue weighted by Crippen LogP contribution is -2.34. The Labute approximate surface area is 92.6 Å². The minimum absolute atomic E-state index is 0.0567. The number of amides is 2. The van der Waals surface area contributed by atoms with Crippen LogP contribution in [0.4, 0.5) is 10.6 Å². The molecule has 0 radical (unpaired) electrons. The van der Waals surface area contributed by atoms with E-state index in [-0.39, 0.29) is 17.1 Å². The summed E-state index contributed by atoms with van der Waals surface area (Å²) >= 11 is 4.79. The fraction of sp³-hybridized carbons (Fsp3) is 0.375. The first kappa shape index (κ1) is 11.4. The molecule has 0 saturated carbocycles. The predicted molar refractivity (Wildman–Crippen MR) is 61.8 cm³/mol. The van der Waals surface area contributed by atoms with Crippen molar-refractivity contribution >= 4 is 29.1 Å². The van der Waals surface area contributed by atoms with Gasteiger partial charge in [-0.15, -0.1) is 0 Å². The van der Waals surface area contributed by atoms with E-state index in [0.29, 0.717) is 11.4 Å². The van der Waals surface area contributed by atoms with E-state index in [9.17, 15) is 4.79 Å². The molecule has 0 aromatic carbocycles. The molecule has 5 N–H and O–H groups in total. The van der Waals surface area contributed by atoms with Gasteiger partial charge in [-0.2, -0.15) is 5.10 Å². The van der Waals surface area contributed by atoms with Crippen LogP contribution in [0.25, 0.3) is 0 Å². The number of nitrogens with one attached hydrogen (secondary N) is 3. The second-order valence-corrected chi connectivity index (χ2v) is 3.72. The summed E-state index contributed by atoms with van der Waals surface area (Å²) in [4.78, 5) is 11.5. The van der Waals surface area contributed by atoms with E-state index < -0.39 is 0 Å². The molecule has 0 fully saturated rings. The molecular weight excluding hydrogens is 214 g/mol. The van der Waals surface area contributed by atoms with Gasteiger partial charge < -0.3 is 11.1 Å². The molecule has 0 saturated heterocycles. The Morgan fingerprint density at radius 3 is 2.87 bits per heavy atom. The molecule has 0 aliphatic heterocycles. The summed E-state index contributed by atoms with van der Waals surface area (Å²) in [6, 6.07) is -0.270. The topological polar surface area (TPSA) is 95.8 Å². The standard InChI is InChI=1S/C8H13N5OS/c1-4(2)11-8(14)12-7-5(6(9)15)3-10-13-7/h3-4H,1-2H3,(H2,9,15)(H3,10,11,12,13,14). The number of hydrogen-bond donors (Lipinski definition) is 4. The molecule has 0 unspecified atom stereocenters. The number of anilines is 1.